The first kappa shape index (κ1) is 7.40. The number of carbonyl (C=O) groups is 1. The second-order valence-electron chi connectivity index (χ2n) is 3.25. The van der Waals surface area contributed by atoms with Gasteiger partial charge >= 0.3 is 5.97 Å². The van der Waals surface area contributed by atoms with Crippen molar-refractivity contribution in [3.63, 3.8) is 0 Å². The van der Waals surface area contributed by atoms with E-state index in [1.54, 1.807) is 0 Å². The van der Waals surface area contributed by atoms with E-state index in [-0.39, 0.29) is 11.8 Å². The Balaban J connectivity index is 2.12. The summed E-state index contributed by atoms with van der Waals surface area (Å²) in [6, 6.07) is 3.87. The summed E-state index contributed by atoms with van der Waals surface area (Å²) in [7, 11) is 0. The molecule has 3 heteroatoms. The van der Waals surface area contributed by atoms with Gasteiger partial charge in [0.2, 0.25) is 0 Å². The maximum atomic E-state index is 10.7. The molecule has 0 bridgehead atoms. The zero-order chi connectivity index (χ0) is 8.55. The minimum Gasteiger partial charge on any atom is -0.481 e. The Morgan fingerprint density at radius 3 is 2.83 bits per heavy atom. The van der Waals surface area contributed by atoms with E-state index in [2.05, 4.69) is 4.98 Å². The molecule has 1 heterocycles. The predicted octanol–water partition coefficient (Wildman–Crippen LogP) is 1.59. The molecule has 1 aromatic heterocycles. The average molecular weight is 165 g/mol. The summed E-state index contributed by atoms with van der Waals surface area (Å²) in [6.07, 6.45) is 3.66. The number of H-pyrrole nitrogens is 1. The SMILES string of the molecule is O=C(O)C1CCC1c1ccc[nH]1. The van der Waals surface area contributed by atoms with E-state index in [1.807, 2.05) is 18.3 Å². The summed E-state index contributed by atoms with van der Waals surface area (Å²) < 4.78 is 0. The maximum Gasteiger partial charge on any atom is 0.307 e. The number of hydrogen-bond donors (Lipinski definition) is 2. The van der Waals surface area contributed by atoms with Crippen LogP contribution in [0.25, 0.3) is 0 Å². The number of aromatic nitrogens is 1. The topological polar surface area (TPSA) is 53.1 Å². The minimum atomic E-state index is -0.666. The van der Waals surface area contributed by atoms with Gasteiger partial charge < -0.3 is 10.1 Å². The number of aliphatic carboxylic acids is 1. The third-order valence-electron chi connectivity index (χ3n) is 2.61. The van der Waals surface area contributed by atoms with Crippen LogP contribution in [0.3, 0.4) is 0 Å². The van der Waals surface area contributed by atoms with Crippen LogP contribution in [0.5, 0.6) is 0 Å². The van der Waals surface area contributed by atoms with Gasteiger partial charge in [0.1, 0.15) is 0 Å². The van der Waals surface area contributed by atoms with Crippen molar-refractivity contribution in [1.29, 1.82) is 0 Å². The van der Waals surface area contributed by atoms with Gasteiger partial charge in [0.25, 0.3) is 0 Å². The Bertz CT molecular complexity index is 279. The summed E-state index contributed by atoms with van der Waals surface area (Å²) in [6.45, 7) is 0. The Morgan fingerprint density at radius 2 is 2.42 bits per heavy atom. The normalized spacial score (nSPS) is 28.0. The highest BCUT2D eigenvalue weighted by Gasteiger charge is 2.37. The van der Waals surface area contributed by atoms with Crippen LogP contribution in [0.15, 0.2) is 18.3 Å². The third kappa shape index (κ3) is 1.02. The van der Waals surface area contributed by atoms with Crippen LogP contribution in [0.2, 0.25) is 0 Å². The molecule has 1 aliphatic carbocycles. The molecule has 1 fully saturated rings. The van der Waals surface area contributed by atoms with Crippen LogP contribution in [0.4, 0.5) is 0 Å². The van der Waals surface area contributed by atoms with E-state index >= 15 is 0 Å². The van der Waals surface area contributed by atoms with Gasteiger partial charge in [0.05, 0.1) is 5.92 Å². The molecule has 12 heavy (non-hydrogen) atoms. The fourth-order valence-electron chi connectivity index (χ4n) is 1.74. The van der Waals surface area contributed by atoms with E-state index in [1.165, 1.54) is 0 Å². The summed E-state index contributed by atoms with van der Waals surface area (Å²) in [5, 5.41) is 8.79. The van der Waals surface area contributed by atoms with Crippen LogP contribution < -0.4 is 0 Å². The zero-order valence-electron chi connectivity index (χ0n) is 6.66. The molecule has 1 aliphatic rings. The van der Waals surface area contributed by atoms with Crippen LogP contribution in [0, 0.1) is 5.92 Å². The summed E-state index contributed by atoms with van der Waals surface area (Å²) in [5.74, 6) is -0.609. The lowest BCUT2D eigenvalue weighted by Crippen LogP contribution is -2.31. The molecule has 2 atom stereocenters. The number of carboxylic acid groups (broad SMARTS) is 1. The van der Waals surface area contributed by atoms with E-state index in [0.29, 0.717) is 0 Å². The van der Waals surface area contributed by atoms with Crippen molar-refractivity contribution in [3.05, 3.63) is 24.0 Å². The molecule has 0 spiro atoms. The predicted molar refractivity (Wildman–Crippen MR) is 43.9 cm³/mol. The zero-order valence-corrected chi connectivity index (χ0v) is 6.66. The van der Waals surface area contributed by atoms with Crippen molar-refractivity contribution in [2.24, 2.45) is 5.92 Å². The summed E-state index contributed by atoms with van der Waals surface area (Å²) in [4.78, 5) is 13.7. The van der Waals surface area contributed by atoms with Gasteiger partial charge in [-0.2, -0.15) is 0 Å². The van der Waals surface area contributed by atoms with Gasteiger partial charge in [-0.15, -0.1) is 0 Å². The molecule has 3 nitrogen and oxygen atoms in total. The third-order valence-corrected chi connectivity index (χ3v) is 2.61. The highest BCUT2D eigenvalue weighted by Crippen LogP contribution is 2.41. The molecule has 2 rings (SSSR count). The van der Waals surface area contributed by atoms with Crippen molar-refractivity contribution in [2.45, 2.75) is 18.8 Å². The largest absolute Gasteiger partial charge is 0.481 e. The Hall–Kier alpha value is -1.25. The van der Waals surface area contributed by atoms with E-state index in [9.17, 15) is 4.79 Å². The first-order chi connectivity index (χ1) is 5.79. The Morgan fingerprint density at radius 1 is 1.58 bits per heavy atom. The standard InChI is InChI=1S/C9H11NO2/c11-9(12)7-4-3-6(7)8-2-1-5-10-8/h1-2,5-7,10H,3-4H2,(H,11,12). The number of aromatic amines is 1. The van der Waals surface area contributed by atoms with Gasteiger partial charge in [0, 0.05) is 17.8 Å². The van der Waals surface area contributed by atoms with Crippen molar-refractivity contribution < 1.29 is 9.90 Å². The van der Waals surface area contributed by atoms with Gasteiger partial charge in [-0.3, -0.25) is 4.79 Å². The molecule has 0 saturated heterocycles. The lowest BCUT2D eigenvalue weighted by molar-refractivity contribution is -0.145. The van der Waals surface area contributed by atoms with Crippen LogP contribution in [-0.4, -0.2) is 16.1 Å². The quantitative estimate of drug-likeness (QED) is 0.699. The summed E-state index contributed by atoms with van der Waals surface area (Å²) >= 11 is 0. The molecule has 1 aromatic rings. The van der Waals surface area contributed by atoms with Crippen molar-refractivity contribution in [3.8, 4) is 0 Å². The molecule has 0 radical (unpaired) electrons. The van der Waals surface area contributed by atoms with Gasteiger partial charge in [0.15, 0.2) is 0 Å². The van der Waals surface area contributed by atoms with Crippen LogP contribution in [-0.2, 0) is 4.79 Å². The number of nitrogens with one attached hydrogen (secondary N) is 1. The first-order valence-corrected chi connectivity index (χ1v) is 4.15. The van der Waals surface area contributed by atoms with Crippen molar-refractivity contribution in [2.75, 3.05) is 0 Å². The molecular formula is C9H11NO2. The smallest absolute Gasteiger partial charge is 0.307 e. The summed E-state index contributed by atoms with van der Waals surface area (Å²) in [5.41, 5.74) is 1.06. The first-order valence-electron chi connectivity index (χ1n) is 4.15. The van der Waals surface area contributed by atoms with Gasteiger partial charge in [-0.1, -0.05) is 0 Å². The lowest BCUT2D eigenvalue weighted by Gasteiger charge is -2.32. The maximum absolute atomic E-state index is 10.7. The average Bonchev–Trinajstić information content (AvgIpc) is 2.35. The van der Waals surface area contributed by atoms with E-state index in [4.69, 9.17) is 5.11 Å². The van der Waals surface area contributed by atoms with Crippen LogP contribution in [0.1, 0.15) is 24.5 Å². The van der Waals surface area contributed by atoms with Crippen molar-refractivity contribution >= 4 is 5.97 Å². The highest BCUT2D eigenvalue weighted by molar-refractivity contribution is 5.72. The minimum absolute atomic E-state index is 0.163. The molecule has 1 saturated carbocycles. The fraction of sp³-hybridized carbons (Fsp3) is 0.444. The fourth-order valence-corrected chi connectivity index (χ4v) is 1.74. The van der Waals surface area contributed by atoms with Gasteiger partial charge in [-0.25, -0.2) is 0 Å². The molecule has 2 N–H and O–H groups in total. The molecular weight excluding hydrogens is 154 g/mol. The molecule has 0 aromatic carbocycles. The Kier molecular flexibility index (Phi) is 1.64. The second-order valence-corrected chi connectivity index (χ2v) is 3.25. The van der Waals surface area contributed by atoms with Crippen molar-refractivity contribution in [1.82, 2.24) is 4.98 Å². The molecule has 2 unspecified atom stereocenters. The molecule has 64 valence electrons. The number of rotatable bonds is 2. The lowest BCUT2D eigenvalue weighted by atomic mass is 9.72. The molecule has 0 amide bonds. The monoisotopic (exact) mass is 165 g/mol. The van der Waals surface area contributed by atoms with E-state index < -0.39 is 5.97 Å². The molecule has 0 aliphatic heterocycles. The highest BCUT2D eigenvalue weighted by atomic mass is 16.4. The van der Waals surface area contributed by atoms with Crippen LogP contribution >= 0.6 is 0 Å². The Labute approximate surface area is 70.4 Å². The second kappa shape index (κ2) is 2.66. The van der Waals surface area contributed by atoms with Gasteiger partial charge in [-0.05, 0) is 25.0 Å². The number of hydrogen-bond acceptors (Lipinski definition) is 1. The number of carboxylic acids is 1. The van der Waals surface area contributed by atoms with E-state index in [0.717, 1.165) is 18.5 Å².